The van der Waals surface area contributed by atoms with Crippen molar-refractivity contribution < 1.29 is 14.3 Å². The number of thiazole rings is 1. The van der Waals surface area contributed by atoms with Gasteiger partial charge < -0.3 is 10.1 Å². The molecule has 24 heavy (non-hydrogen) atoms. The third-order valence-electron chi connectivity index (χ3n) is 3.33. The number of esters is 1. The average Bonchev–Trinajstić information content (AvgIpc) is 3.04. The van der Waals surface area contributed by atoms with E-state index >= 15 is 0 Å². The van der Waals surface area contributed by atoms with Gasteiger partial charge in [-0.1, -0.05) is 15.9 Å². The molecule has 7 heteroatoms. The fourth-order valence-corrected chi connectivity index (χ4v) is 3.02. The molecule has 0 bridgehead atoms. The standard InChI is InChI=1S/C17H13BrN2O3S/c1-10(16(21)20-13-5-3-12(18)4-6-13)23-17(22)11-2-7-14-15(8-11)24-9-19-14/h2-10H,1H3,(H,20,21)/t10-/m0/s1. The number of anilines is 1. The largest absolute Gasteiger partial charge is 0.449 e. The highest BCUT2D eigenvalue weighted by Gasteiger charge is 2.19. The summed E-state index contributed by atoms with van der Waals surface area (Å²) < 4.78 is 7.06. The summed E-state index contributed by atoms with van der Waals surface area (Å²) in [6.07, 6.45) is -0.904. The Balaban J connectivity index is 1.64. The van der Waals surface area contributed by atoms with Crippen LogP contribution in [0.2, 0.25) is 0 Å². The van der Waals surface area contributed by atoms with E-state index in [1.54, 1.807) is 35.8 Å². The Hall–Kier alpha value is -2.25. The molecule has 3 rings (SSSR count). The zero-order valence-corrected chi connectivity index (χ0v) is 15.1. The van der Waals surface area contributed by atoms with E-state index in [2.05, 4.69) is 26.2 Å². The lowest BCUT2D eigenvalue weighted by Gasteiger charge is -2.13. The Morgan fingerprint density at radius 2 is 1.96 bits per heavy atom. The molecule has 0 saturated heterocycles. The highest BCUT2D eigenvalue weighted by molar-refractivity contribution is 9.10. The Morgan fingerprint density at radius 3 is 2.71 bits per heavy atom. The predicted molar refractivity (Wildman–Crippen MR) is 97.3 cm³/mol. The fourth-order valence-electron chi connectivity index (χ4n) is 2.04. The lowest BCUT2D eigenvalue weighted by molar-refractivity contribution is -0.123. The molecule has 2 aromatic carbocycles. The Morgan fingerprint density at radius 1 is 1.21 bits per heavy atom. The van der Waals surface area contributed by atoms with E-state index in [1.165, 1.54) is 18.3 Å². The van der Waals surface area contributed by atoms with Crippen LogP contribution in [-0.2, 0) is 9.53 Å². The number of benzene rings is 2. The van der Waals surface area contributed by atoms with Crippen LogP contribution in [0.5, 0.6) is 0 Å². The summed E-state index contributed by atoms with van der Waals surface area (Å²) in [4.78, 5) is 28.5. The molecule has 1 aromatic heterocycles. The number of carbonyl (C=O) groups is 2. The second-order valence-electron chi connectivity index (χ2n) is 5.08. The Labute approximate surface area is 150 Å². The zero-order chi connectivity index (χ0) is 17.1. The van der Waals surface area contributed by atoms with Crippen LogP contribution in [0.1, 0.15) is 17.3 Å². The van der Waals surface area contributed by atoms with Gasteiger partial charge in [-0.05, 0) is 49.4 Å². The number of aromatic nitrogens is 1. The van der Waals surface area contributed by atoms with Crippen LogP contribution >= 0.6 is 27.3 Å². The van der Waals surface area contributed by atoms with Crippen molar-refractivity contribution in [3.05, 3.63) is 58.0 Å². The smallest absolute Gasteiger partial charge is 0.338 e. The van der Waals surface area contributed by atoms with Crippen molar-refractivity contribution in [3.63, 3.8) is 0 Å². The van der Waals surface area contributed by atoms with E-state index < -0.39 is 12.1 Å². The Kier molecular flexibility index (Phi) is 4.92. The van der Waals surface area contributed by atoms with Gasteiger partial charge in [-0.3, -0.25) is 4.79 Å². The van der Waals surface area contributed by atoms with Crippen molar-refractivity contribution >= 4 is 55.0 Å². The molecule has 0 radical (unpaired) electrons. The molecule has 122 valence electrons. The van der Waals surface area contributed by atoms with E-state index in [4.69, 9.17) is 4.74 Å². The van der Waals surface area contributed by atoms with Crippen molar-refractivity contribution in [2.24, 2.45) is 0 Å². The molecule has 0 spiro atoms. The number of carbonyl (C=O) groups excluding carboxylic acids is 2. The number of amides is 1. The van der Waals surface area contributed by atoms with Crippen LogP contribution in [0.25, 0.3) is 10.2 Å². The summed E-state index contributed by atoms with van der Waals surface area (Å²) in [5.41, 5.74) is 3.58. The normalized spacial score (nSPS) is 11.9. The molecule has 0 fully saturated rings. The van der Waals surface area contributed by atoms with Crippen molar-refractivity contribution in [2.75, 3.05) is 5.32 Å². The van der Waals surface area contributed by atoms with Crippen LogP contribution in [0.4, 0.5) is 5.69 Å². The number of nitrogens with zero attached hydrogens (tertiary/aromatic N) is 1. The molecule has 0 aliphatic carbocycles. The molecule has 3 aromatic rings. The zero-order valence-electron chi connectivity index (χ0n) is 12.7. The summed E-state index contributed by atoms with van der Waals surface area (Å²) >= 11 is 4.77. The van der Waals surface area contributed by atoms with Gasteiger partial charge >= 0.3 is 5.97 Å². The molecule has 0 aliphatic heterocycles. The van der Waals surface area contributed by atoms with Crippen molar-refractivity contribution in [1.82, 2.24) is 4.98 Å². The third kappa shape index (κ3) is 3.80. The maximum absolute atomic E-state index is 12.2. The van der Waals surface area contributed by atoms with Gasteiger partial charge in [0.15, 0.2) is 6.10 Å². The molecular formula is C17H13BrN2O3S. The number of rotatable bonds is 4. The van der Waals surface area contributed by atoms with Gasteiger partial charge in [-0.2, -0.15) is 0 Å². The maximum atomic E-state index is 12.2. The van der Waals surface area contributed by atoms with Gasteiger partial charge in [0.2, 0.25) is 0 Å². The lowest BCUT2D eigenvalue weighted by atomic mass is 10.2. The predicted octanol–water partition coefficient (Wildman–Crippen LogP) is 4.24. The quantitative estimate of drug-likeness (QED) is 0.660. The molecular weight excluding hydrogens is 392 g/mol. The van der Waals surface area contributed by atoms with Crippen molar-refractivity contribution in [2.45, 2.75) is 13.0 Å². The van der Waals surface area contributed by atoms with Gasteiger partial charge in [0.25, 0.3) is 5.91 Å². The second kappa shape index (κ2) is 7.11. The topological polar surface area (TPSA) is 68.3 Å². The highest BCUT2D eigenvalue weighted by atomic mass is 79.9. The third-order valence-corrected chi connectivity index (χ3v) is 4.65. The van der Waals surface area contributed by atoms with Gasteiger partial charge in [0.05, 0.1) is 21.3 Å². The van der Waals surface area contributed by atoms with Gasteiger partial charge in [0, 0.05) is 10.2 Å². The maximum Gasteiger partial charge on any atom is 0.338 e. The summed E-state index contributed by atoms with van der Waals surface area (Å²) in [5.74, 6) is -0.923. The number of halogens is 1. The monoisotopic (exact) mass is 404 g/mol. The van der Waals surface area contributed by atoms with Crippen LogP contribution in [0, 0.1) is 0 Å². The van der Waals surface area contributed by atoms with E-state index in [9.17, 15) is 9.59 Å². The average molecular weight is 405 g/mol. The minimum Gasteiger partial charge on any atom is -0.449 e. The van der Waals surface area contributed by atoms with E-state index in [0.29, 0.717) is 11.3 Å². The van der Waals surface area contributed by atoms with E-state index in [-0.39, 0.29) is 5.91 Å². The molecule has 0 aliphatic rings. The minimum atomic E-state index is -0.904. The van der Waals surface area contributed by atoms with Gasteiger partial charge in [-0.25, -0.2) is 9.78 Å². The van der Waals surface area contributed by atoms with Gasteiger partial charge in [-0.15, -0.1) is 11.3 Å². The first-order chi connectivity index (χ1) is 11.5. The fraction of sp³-hybridized carbons (Fsp3) is 0.118. The molecule has 0 saturated carbocycles. The summed E-state index contributed by atoms with van der Waals surface area (Å²) in [7, 11) is 0. The van der Waals surface area contributed by atoms with Crippen LogP contribution in [-0.4, -0.2) is 23.0 Å². The number of hydrogen-bond donors (Lipinski definition) is 1. The molecule has 5 nitrogen and oxygen atoms in total. The highest BCUT2D eigenvalue weighted by Crippen LogP contribution is 2.20. The first-order valence-electron chi connectivity index (χ1n) is 7.13. The number of ether oxygens (including phenoxy) is 1. The number of nitrogens with one attached hydrogen (secondary N) is 1. The Bertz CT molecular complexity index is 892. The summed E-state index contributed by atoms with van der Waals surface area (Å²) in [6, 6.07) is 12.3. The van der Waals surface area contributed by atoms with Crippen molar-refractivity contribution in [3.8, 4) is 0 Å². The molecule has 1 heterocycles. The molecule has 1 atom stereocenters. The number of hydrogen-bond acceptors (Lipinski definition) is 5. The van der Waals surface area contributed by atoms with Gasteiger partial charge in [0.1, 0.15) is 0 Å². The number of fused-ring (bicyclic) bond motifs is 1. The SMILES string of the molecule is C[C@H](OC(=O)c1ccc2ncsc2c1)C(=O)Nc1ccc(Br)cc1. The lowest BCUT2D eigenvalue weighted by Crippen LogP contribution is -2.29. The molecule has 1 N–H and O–H groups in total. The van der Waals surface area contributed by atoms with Crippen LogP contribution in [0.3, 0.4) is 0 Å². The first kappa shape index (κ1) is 16.6. The van der Waals surface area contributed by atoms with Crippen LogP contribution in [0.15, 0.2) is 52.4 Å². The summed E-state index contributed by atoms with van der Waals surface area (Å²) in [6.45, 7) is 1.54. The van der Waals surface area contributed by atoms with E-state index in [1.807, 2.05) is 12.1 Å². The second-order valence-corrected chi connectivity index (χ2v) is 6.88. The molecule has 1 amide bonds. The van der Waals surface area contributed by atoms with Crippen molar-refractivity contribution in [1.29, 1.82) is 0 Å². The summed E-state index contributed by atoms with van der Waals surface area (Å²) in [5, 5.41) is 2.71. The minimum absolute atomic E-state index is 0.385. The van der Waals surface area contributed by atoms with Crippen LogP contribution < -0.4 is 5.32 Å². The van der Waals surface area contributed by atoms with E-state index in [0.717, 1.165) is 14.7 Å². The first-order valence-corrected chi connectivity index (χ1v) is 8.81. The molecule has 0 unspecified atom stereocenters.